The number of carbonyl (C=O) groups is 1. The van der Waals surface area contributed by atoms with Gasteiger partial charge in [-0.1, -0.05) is 84.3 Å². The van der Waals surface area contributed by atoms with Crippen LogP contribution in [0, 0.1) is 5.92 Å². The quantitative estimate of drug-likeness (QED) is 0.293. The summed E-state index contributed by atoms with van der Waals surface area (Å²) in [5.74, 6) is 0.0635. The summed E-state index contributed by atoms with van der Waals surface area (Å²) >= 11 is 5.67. The van der Waals surface area contributed by atoms with E-state index >= 15 is 0 Å². The number of carbonyl (C=O) groups excluding carboxylic acids is 1. The van der Waals surface area contributed by atoms with E-state index in [0.717, 1.165) is 5.71 Å². The molecule has 2 aromatic rings. The van der Waals surface area contributed by atoms with E-state index in [0.29, 0.717) is 6.42 Å². The second-order valence-electron chi connectivity index (χ2n) is 7.03. The lowest BCUT2D eigenvalue weighted by Crippen LogP contribution is -2.42. The summed E-state index contributed by atoms with van der Waals surface area (Å²) in [5.41, 5.74) is 2.45. The van der Waals surface area contributed by atoms with Crippen LogP contribution < -0.4 is 0 Å². The standard InChI is InChI=1S/C22H25ClN2O3/c1-15-19(24-28-22(26)27-16(2)23)14-20(17-10-6-4-7-11-17)25(3)21(15)18-12-8-5-9-13-18/h4-13,15-16,20-21H,14H2,1-3H3/b24-19+. The Morgan fingerprint density at radius 1 is 1.11 bits per heavy atom. The number of hydrogen-bond acceptors (Lipinski definition) is 5. The third-order valence-electron chi connectivity index (χ3n) is 5.15. The molecule has 0 spiro atoms. The van der Waals surface area contributed by atoms with Crippen LogP contribution in [0.15, 0.2) is 65.8 Å². The number of nitrogens with zero attached hydrogens (tertiary/aromatic N) is 2. The van der Waals surface area contributed by atoms with Gasteiger partial charge in [-0.25, -0.2) is 4.79 Å². The summed E-state index contributed by atoms with van der Waals surface area (Å²) in [7, 11) is 2.13. The van der Waals surface area contributed by atoms with Crippen LogP contribution in [-0.2, 0) is 9.57 Å². The zero-order chi connectivity index (χ0) is 20.1. The largest absolute Gasteiger partial charge is 0.536 e. The highest BCUT2D eigenvalue weighted by atomic mass is 35.5. The van der Waals surface area contributed by atoms with E-state index in [1.165, 1.54) is 11.1 Å². The van der Waals surface area contributed by atoms with Crippen molar-refractivity contribution in [1.82, 2.24) is 4.90 Å². The van der Waals surface area contributed by atoms with Crippen LogP contribution in [0.2, 0.25) is 0 Å². The summed E-state index contributed by atoms with van der Waals surface area (Å²) in [4.78, 5) is 19.1. The van der Waals surface area contributed by atoms with E-state index in [9.17, 15) is 4.79 Å². The lowest BCUT2D eigenvalue weighted by Gasteiger charge is -2.44. The minimum Gasteiger partial charge on any atom is -0.413 e. The van der Waals surface area contributed by atoms with Gasteiger partial charge in [0, 0.05) is 24.4 Å². The van der Waals surface area contributed by atoms with E-state index in [2.05, 4.69) is 48.3 Å². The maximum absolute atomic E-state index is 11.7. The molecule has 2 aromatic carbocycles. The molecule has 0 saturated carbocycles. The van der Waals surface area contributed by atoms with Gasteiger partial charge in [-0.3, -0.25) is 9.74 Å². The van der Waals surface area contributed by atoms with E-state index in [4.69, 9.17) is 21.2 Å². The molecule has 6 heteroatoms. The third kappa shape index (κ3) is 4.72. The van der Waals surface area contributed by atoms with Gasteiger partial charge in [-0.15, -0.1) is 0 Å². The van der Waals surface area contributed by atoms with Gasteiger partial charge in [0.25, 0.3) is 0 Å². The highest BCUT2D eigenvalue weighted by Crippen LogP contribution is 2.42. The van der Waals surface area contributed by atoms with Crippen molar-refractivity contribution in [2.24, 2.45) is 11.1 Å². The van der Waals surface area contributed by atoms with Crippen LogP contribution in [-0.4, -0.2) is 29.4 Å². The monoisotopic (exact) mass is 400 g/mol. The Balaban J connectivity index is 1.92. The Kier molecular flexibility index (Phi) is 6.70. The maximum atomic E-state index is 11.7. The summed E-state index contributed by atoms with van der Waals surface area (Å²) in [6.07, 6.45) is -0.233. The number of ether oxygens (including phenoxy) is 1. The topological polar surface area (TPSA) is 51.1 Å². The molecule has 0 aromatic heterocycles. The number of benzene rings is 2. The van der Waals surface area contributed by atoms with Gasteiger partial charge in [0.2, 0.25) is 0 Å². The summed E-state index contributed by atoms with van der Waals surface area (Å²) in [6.45, 7) is 3.65. The first-order valence-corrected chi connectivity index (χ1v) is 9.81. The number of rotatable bonds is 4. The first-order chi connectivity index (χ1) is 13.5. The molecule has 0 aliphatic carbocycles. The average Bonchev–Trinajstić information content (AvgIpc) is 2.68. The zero-order valence-electron chi connectivity index (χ0n) is 16.3. The Morgan fingerprint density at radius 3 is 2.25 bits per heavy atom. The number of likely N-dealkylation sites (tertiary alicyclic amines) is 1. The van der Waals surface area contributed by atoms with Crippen molar-refractivity contribution in [2.45, 2.75) is 37.9 Å². The van der Waals surface area contributed by atoms with Crippen LogP contribution in [0.3, 0.4) is 0 Å². The molecule has 1 saturated heterocycles. The van der Waals surface area contributed by atoms with Gasteiger partial charge in [0.05, 0.1) is 5.71 Å². The Bertz CT molecular complexity index is 811. The minimum absolute atomic E-state index is 0.0635. The summed E-state index contributed by atoms with van der Waals surface area (Å²) in [6, 6.07) is 20.8. The first-order valence-electron chi connectivity index (χ1n) is 9.37. The average molecular weight is 401 g/mol. The molecular formula is C22H25ClN2O3. The number of hydrogen-bond donors (Lipinski definition) is 0. The minimum atomic E-state index is -0.895. The van der Waals surface area contributed by atoms with Gasteiger partial charge in [0.15, 0.2) is 5.56 Å². The van der Waals surface area contributed by atoms with E-state index in [-0.39, 0.29) is 18.0 Å². The summed E-state index contributed by atoms with van der Waals surface area (Å²) < 4.78 is 4.81. The van der Waals surface area contributed by atoms with Crippen molar-refractivity contribution in [1.29, 1.82) is 0 Å². The van der Waals surface area contributed by atoms with Crippen LogP contribution in [0.4, 0.5) is 4.79 Å². The van der Waals surface area contributed by atoms with E-state index < -0.39 is 11.7 Å². The number of halogens is 1. The summed E-state index contributed by atoms with van der Waals surface area (Å²) in [5, 5.41) is 4.16. The maximum Gasteiger partial charge on any atom is 0.536 e. The molecule has 1 aliphatic heterocycles. The molecule has 4 atom stereocenters. The zero-order valence-corrected chi connectivity index (χ0v) is 17.0. The van der Waals surface area contributed by atoms with E-state index in [1.54, 1.807) is 6.92 Å². The second kappa shape index (κ2) is 9.22. The van der Waals surface area contributed by atoms with Crippen LogP contribution in [0.1, 0.15) is 43.5 Å². The molecule has 5 nitrogen and oxygen atoms in total. The predicted molar refractivity (Wildman–Crippen MR) is 110 cm³/mol. The van der Waals surface area contributed by atoms with Crippen LogP contribution >= 0.6 is 11.6 Å². The highest BCUT2D eigenvalue weighted by molar-refractivity contribution is 6.19. The molecule has 148 valence electrons. The van der Waals surface area contributed by atoms with E-state index in [1.807, 2.05) is 36.4 Å². The molecule has 0 N–H and O–H groups in total. The fraction of sp³-hybridized carbons (Fsp3) is 0.364. The van der Waals surface area contributed by atoms with Crippen molar-refractivity contribution in [2.75, 3.05) is 7.05 Å². The Morgan fingerprint density at radius 2 is 1.68 bits per heavy atom. The molecule has 28 heavy (non-hydrogen) atoms. The number of oxime groups is 1. The Hall–Kier alpha value is -2.37. The molecule has 1 aliphatic rings. The molecule has 1 heterocycles. The van der Waals surface area contributed by atoms with Crippen LogP contribution in [0.5, 0.6) is 0 Å². The number of piperidine rings is 1. The second-order valence-corrected chi connectivity index (χ2v) is 7.64. The lowest BCUT2D eigenvalue weighted by molar-refractivity contribution is 0.0491. The van der Waals surface area contributed by atoms with Crippen molar-refractivity contribution in [3.8, 4) is 0 Å². The molecule has 0 radical (unpaired) electrons. The Labute approximate surface area is 170 Å². The van der Waals surface area contributed by atoms with Crippen molar-refractivity contribution in [3.63, 3.8) is 0 Å². The van der Waals surface area contributed by atoms with Gasteiger partial charge in [0.1, 0.15) is 0 Å². The third-order valence-corrected chi connectivity index (χ3v) is 5.24. The molecule has 3 rings (SSSR count). The normalized spacial score (nSPS) is 25.3. The van der Waals surface area contributed by atoms with Crippen molar-refractivity contribution < 1.29 is 14.4 Å². The molecule has 0 bridgehead atoms. The molecule has 0 amide bonds. The van der Waals surface area contributed by atoms with Gasteiger partial charge < -0.3 is 4.74 Å². The van der Waals surface area contributed by atoms with Gasteiger partial charge >= 0.3 is 6.16 Å². The van der Waals surface area contributed by atoms with Crippen molar-refractivity contribution >= 4 is 23.5 Å². The number of alkyl halides is 1. The van der Waals surface area contributed by atoms with Gasteiger partial charge in [-0.2, -0.15) is 0 Å². The molecular weight excluding hydrogens is 376 g/mol. The lowest BCUT2D eigenvalue weighted by atomic mass is 9.80. The molecule has 4 unspecified atom stereocenters. The first kappa shape index (κ1) is 20.4. The highest BCUT2D eigenvalue weighted by Gasteiger charge is 2.38. The SMILES string of the molecule is CC(Cl)OC(=O)O/N=C1\CC(c2ccccc2)N(C)C(c2ccccc2)C1C. The molecule has 1 fully saturated rings. The fourth-order valence-corrected chi connectivity index (χ4v) is 3.90. The predicted octanol–water partition coefficient (Wildman–Crippen LogP) is 5.53. The van der Waals surface area contributed by atoms with Gasteiger partial charge in [-0.05, 0) is 25.1 Å². The smallest absolute Gasteiger partial charge is 0.413 e. The van der Waals surface area contributed by atoms with Crippen LogP contribution in [0.25, 0.3) is 0 Å². The van der Waals surface area contributed by atoms with Crippen molar-refractivity contribution in [3.05, 3.63) is 71.8 Å². The fourth-order valence-electron chi connectivity index (χ4n) is 3.83.